The zero-order valence-electron chi connectivity index (χ0n) is 14.6. The number of piperidine rings is 1. The van der Waals surface area contributed by atoms with Crippen LogP contribution in [0.25, 0.3) is 11.4 Å². The summed E-state index contributed by atoms with van der Waals surface area (Å²) in [4.78, 5) is 11.8. The van der Waals surface area contributed by atoms with Crippen molar-refractivity contribution in [1.29, 1.82) is 0 Å². The molecule has 25 heavy (non-hydrogen) atoms. The monoisotopic (exact) mass is 339 g/mol. The Bertz CT molecular complexity index is 725. The second-order valence-electron chi connectivity index (χ2n) is 7.75. The van der Waals surface area contributed by atoms with Gasteiger partial charge in [0.25, 0.3) is 0 Å². The summed E-state index contributed by atoms with van der Waals surface area (Å²) in [6.45, 7) is 4.25. The lowest BCUT2D eigenvalue weighted by Gasteiger charge is -2.27. The van der Waals surface area contributed by atoms with Crippen molar-refractivity contribution in [2.75, 3.05) is 31.1 Å². The normalized spacial score (nSPS) is 29.1. The Labute approximate surface area is 148 Å². The van der Waals surface area contributed by atoms with Gasteiger partial charge in [-0.2, -0.15) is 4.98 Å². The van der Waals surface area contributed by atoms with Gasteiger partial charge in [0.1, 0.15) is 5.82 Å². The molecule has 0 amide bonds. The lowest BCUT2D eigenvalue weighted by molar-refractivity contribution is 0.265. The first kappa shape index (κ1) is 15.3. The van der Waals surface area contributed by atoms with Crippen LogP contribution in [0.15, 0.2) is 22.9 Å². The summed E-state index contributed by atoms with van der Waals surface area (Å²) < 4.78 is 5.71. The second kappa shape index (κ2) is 6.09. The molecule has 2 aromatic rings. The van der Waals surface area contributed by atoms with Crippen molar-refractivity contribution in [3.05, 3.63) is 24.2 Å². The van der Waals surface area contributed by atoms with Crippen molar-refractivity contribution in [3.63, 3.8) is 0 Å². The number of rotatable bonds is 3. The second-order valence-corrected chi connectivity index (χ2v) is 7.75. The first-order chi connectivity index (χ1) is 12.4. The minimum atomic E-state index is 0.0619. The third-order valence-corrected chi connectivity index (χ3v) is 6.33. The Hall–Kier alpha value is -1.95. The molecule has 0 bridgehead atoms. The quantitative estimate of drug-likeness (QED) is 0.927. The number of hydrogen-bond donors (Lipinski definition) is 1. The van der Waals surface area contributed by atoms with Crippen LogP contribution < -0.4 is 10.2 Å². The highest BCUT2D eigenvalue weighted by molar-refractivity contribution is 5.56. The van der Waals surface area contributed by atoms with E-state index in [0.717, 1.165) is 49.9 Å². The summed E-state index contributed by atoms with van der Waals surface area (Å²) in [5, 5.41) is 7.77. The van der Waals surface area contributed by atoms with E-state index in [1.165, 1.54) is 32.1 Å². The van der Waals surface area contributed by atoms with Gasteiger partial charge in [-0.1, -0.05) is 11.6 Å². The van der Waals surface area contributed by atoms with Crippen LogP contribution in [-0.4, -0.2) is 41.3 Å². The van der Waals surface area contributed by atoms with E-state index in [-0.39, 0.29) is 5.41 Å². The number of nitrogens with one attached hydrogen (secondary N) is 1. The van der Waals surface area contributed by atoms with Gasteiger partial charge in [0.05, 0.1) is 5.41 Å². The highest BCUT2D eigenvalue weighted by atomic mass is 16.5. The number of nitrogens with zero attached hydrogens (tertiary/aromatic N) is 4. The zero-order chi connectivity index (χ0) is 16.7. The first-order valence-corrected chi connectivity index (χ1v) is 9.61. The van der Waals surface area contributed by atoms with Gasteiger partial charge in [0, 0.05) is 31.4 Å². The van der Waals surface area contributed by atoms with Gasteiger partial charge in [0.2, 0.25) is 11.7 Å². The summed E-state index contributed by atoms with van der Waals surface area (Å²) in [5.41, 5.74) is 1.000. The third-order valence-electron chi connectivity index (χ3n) is 6.33. The number of anilines is 1. The van der Waals surface area contributed by atoms with Gasteiger partial charge in [-0.3, -0.25) is 0 Å². The van der Waals surface area contributed by atoms with E-state index in [0.29, 0.717) is 11.7 Å². The van der Waals surface area contributed by atoms with Gasteiger partial charge < -0.3 is 14.7 Å². The smallest absolute Gasteiger partial charge is 0.234 e. The van der Waals surface area contributed by atoms with Gasteiger partial charge >= 0.3 is 0 Å². The molecule has 1 N–H and O–H groups in total. The Morgan fingerprint density at radius 2 is 2.08 bits per heavy atom. The van der Waals surface area contributed by atoms with Crippen molar-refractivity contribution in [1.82, 2.24) is 20.4 Å². The Morgan fingerprint density at radius 3 is 2.92 bits per heavy atom. The Kier molecular flexibility index (Phi) is 3.73. The molecule has 6 heteroatoms. The lowest BCUT2D eigenvalue weighted by atomic mass is 9.80. The van der Waals surface area contributed by atoms with E-state index >= 15 is 0 Å². The van der Waals surface area contributed by atoms with Gasteiger partial charge in [0.15, 0.2) is 0 Å². The molecule has 2 saturated heterocycles. The summed E-state index contributed by atoms with van der Waals surface area (Å²) >= 11 is 0. The van der Waals surface area contributed by atoms with Crippen LogP contribution in [0.2, 0.25) is 0 Å². The van der Waals surface area contributed by atoms with E-state index in [9.17, 15) is 0 Å². The summed E-state index contributed by atoms with van der Waals surface area (Å²) in [7, 11) is 0. The van der Waals surface area contributed by atoms with Crippen molar-refractivity contribution in [3.8, 4) is 11.4 Å². The molecule has 2 aromatic heterocycles. The maximum Gasteiger partial charge on any atom is 0.234 e. The topological polar surface area (TPSA) is 67.1 Å². The molecule has 132 valence electrons. The van der Waals surface area contributed by atoms with Crippen LogP contribution in [0.1, 0.15) is 44.4 Å². The predicted molar refractivity (Wildman–Crippen MR) is 95.5 cm³/mol. The fourth-order valence-corrected chi connectivity index (χ4v) is 4.87. The van der Waals surface area contributed by atoms with Crippen LogP contribution in [0.3, 0.4) is 0 Å². The molecule has 2 atom stereocenters. The Balaban J connectivity index is 1.38. The minimum Gasteiger partial charge on any atom is -0.357 e. The molecular formula is C19H25N5O. The average Bonchev–Trinajstić information content (AvgIpc) is 3.38. The number of pyridine rings is 1. The van der Waals surface area contributed by atoms with Crippen LogP contribution in [0.4, 0.5) is 5.82 Å². The molecule has 3 fully saturated rings. The fraction of sp³-hybridized carbons (Fsp3) is 0.632. The summed E-state index contributed by atoms with van der Waals surface area (Å²) in [6, 6.07) is 4.16. The molecule has 1 aliphatic carbocycles. The summed E-state index contributed by atoms with van der Waals surface area (Å²) in [5.74, 6) is 3.18. The maximum absolute atomic E-state index is 5.71. The van der Waals surface area contributed by atoms with Crippen molar-refractivity contribution in [2.24, 2.45) is 5.92 Å². The molecule has 2 aliphatic heterocycles. The first-order valence-electron chi connectivity index (χ1n) is 9.61. The highest BCUT2D eigenvalue weighted by Crippen LogP contribution is 2.47. The number of fused-ring (bicyclic) bond motifs is 1. The van der Waals surface area contributed by atoms with Crippen LogP contribution in [0.5, 0.6) is 0 Å². The highest BCUT2D eigenvalue weighted by Gasteiger charge is 2.51. The molecule has 0 aromatic carbocycles. The van der Waals surface area contributed by atoms with Crippen molar-refractivity contribution in [2.45, 2.75) is 43.9 Å². The lowest BCUT2D eigenvalue weighted by Crippen LogP contribution is -2.31. The molecule has 6 nitrogen and oxygen atoms in total. The van der Waals surface area contributed by atoms with E-state index < -0.39 is 0 Å². The van der Waals surface area contributed by atoms with E-state index in [2.05, 4.69) is 32.5 Å². The van der Waals surface area contributed by atoms with E-state index in [1.807, 2.05) is 6.20 Å². The van der Waals surface area contributed by atoms with Crippen LogP contribution >= 0.6 is 0 Å². The Morgan fingerprint density at radius 1 is 1.16 bits per heavy atom. The predicted octanol–water partition coefficient (Wildman–Crippen LogP) is 2.76. The minimum absolute atomic E-state index is 0.0619. The van der Waals surface area contributed by atoms with Crippen molar-refractivity contribution < 1.29 is 4.52 Å². The summed E-state index contributed by atoms with van der Waals surface area (Å²) in [6.07, 6.45) is 9.41. The molecule has 0 radical (unpaired) electrons. The fourth-order valence-electron chi connectivity index (χ4n) is 4.87. The van der Waals surface area contributed by atoms with Crippen molar-refractivity contribution >= 4 is 5.82 Å². The number of aromatic nitrogens is 3. The average molecular weight is 339 g/mol. The SMILES string of the molecule is c1cc(N2CCCCC2)ncc1-c1noc([C@@]23CCC[C@@H]2CNC3)n1. The van der Waals surface area contributed by atoms with E-state index in [4.69, 9.17) is 9.51 Å². The largest absolute Gasteiger partial charge is 0.357 e. The molecule has 0 unspecified atom stereocenters. The molecule has 5 rings (SSSR count). The van der Waals surface area contributed by atoms with Gasteiger partial charge in [-0.05, 0) is 56.7 Å². The molecule has 3 aliphatic rings. The standard InChI is InChI=1S/C19H25N5O/c1-2-9-24(10-3-1)16-7-6-14(11-21-16)17-22-18(25-23-17)19-8-4-5-15(19)12-20-13-19/h6-7,11,15,20H,1-5,8-10,12-13H2/t15-,19-/m1/s1. The molecule has 1 saturated carbocycles. The molecule has 0 spiro atoms. The van der Waals surface area contributed by atoms with Gasteiger partial charge in [-0.15, -0.1) is 0 Å². The van der Waals surface area contributed by atoms with Crippen LogP contribution in [-0.2, 0) is 5.41 Å². The zero-order valence-corrected chi connectivity index (χ0v) is 14.6. The third kappa shape index (κ3) is 2.54. The number of hydrogen-bond acceptors (Lipinski definition) is 6. The van der Waals surface area contributed by atoms with Gasteiger partial charge in [-0.25, -0.2) is 4.98 Å². The van der Waals surface area contributed by atoms with E-state index in [1.54, 1.807) is 0 Å². The molecular weight excluding hydrogens is 314 g/mol. The molecule has 4 heterocycles. The maximum atomic E-state index is 5.71. The van der Waals surface area contributed by atoms with Crippen LogP contribution in [0, 0.1) is 5.92 Å².